The summed E-state index contributed by atoms with van der Waals surface area (Å²) in [5.41, 5.74) is 3.67. The van der Waals surface area contributed by atoms with E-state index in [0.717, 1.165) is 50.2 Å². The molecule has 0 N–H and O–H groups in total. The van der Waals surface area contributed by atoms with E-state index in [1.54, 1.807) is 13.1 Å². The number of oxime groups is 1. The molecule has 0 radical (unpaired) electrons. The van der Waals surface area contributed by atoms with Crippen LogP contribution in [0.25, 0.3) is 0 Å². The minimum absolute atomic E-state index is 0.355. The standard InChI is InChI=1S/C27H30F2N4O2/c1-3-34-26-16-21(9-12-30-26)20-10-13-33(14-11-20)18-19-5-8-25(31-17-19)27(32-35-4-2)22-6-7-23(28)24(29)15-22/h5-9,12,15-17,20H,3-4,10-11,13-14,18H2,1-2H3/b32-27+. The van der Waals surface area contributed by atoms with Crippen LogP contribution >= 0.6 is 0 Å². The molecule has 35 heavy (non-hydrogen) atoms. The van der Waals surface area contributed by atoms with Crippen molar-refractivity contribution in [2.75, 3.05) is 26.3 Å². The fourth-order valence-corrected chi connectivity index (χ4v) is 4.27. The first-order valence-electron chi connectivity index (χ1n) is 12.0. The first-order chi connectivity index (χ1) is 17.1. The minimum atomic E-state index is -0.937. The zero-order valence-electron chi connectivity index (χ0n) is 20.1. The lowest BCUT2D eigenvalue weighted by molar-refractivity contribution is 0.159. The molecule has 0 bridgehead atoms. The van der Waals surface area contributed by atoms with Crippen LogP contribution in [-0.2, 0) is 11.4 Å². The highest BCUT2D eigenvalue weighted by Crippen LogP contribution is 2.30. The molecule has 3 aromatic rings. The molecule has 3 heterocycles. The van der Waals surface area contributed by atoms with Crippen molar-refractivity contribution in [2.24, 2.45) is 5.16 Å². The molecule has 1 aliphatic heterocycles. The highest BCUT2D eigenvalue weighted by atomic mass is 19.2. The quantitative estimate of drug-likeness (QED) is 0.306. The van der Waals surface area contributed by atoms with Crippen molar-refractivity contribution in [2.45, 2.75) is 39.2 Å². The summed E-state index contributed by atoms with van der Waals surface area (Å²) in [6.07, 6.45) is 5.77. The number of hydrogen-bond donors (Lipinski definition) is 0. The fraction of sp³-hybridized carbons (Fsp3) is 0.370. The number of halogens is 2. The van der Waals surface area contributed by atoms with Gasteiger partial charge in [0, 0.05) is 30.6 Å². The van der Waals surface area contributed by atoms with Gasteiger partial charge < -0.3 is 9.57 Å². The smallest absolute Gasteiger partial charge is 0.213 e. The van der Waals surface area contributed by atoms with E-state index in [2.05, 4.69) is 32.2 Å². The molecule has 8 heteroatoms. The summed E-state index contributed by atoms with van der Waals surface area (Å²) in [5, 5.41) is 4.09. The van der Waals surface area contributed by atoms with Crippen molar-refractivity contribution in [3.63, 3.8) is 0 Å². The molecule has 1 aliphatic rings. The number of nitrogens with zero attached hydrogens (tertiary/aromatic N) is 4. The summed E-state index contributed by atoms with van der Waals surface area (Å²) >= 11 is 0. The number of likely N-dealkylation sites (tertiary alicyclic amines) is 1. The van der Waals surface area contributed by atoms with Crippen LogP contribution < -0.4 is 4.74 Å². The van der Waals surface area contributed by atoms with E-state index in [1.165, 1.54) is 11.6 Å². The van der Waals surface area contributed by atoms with Gasteiger partial charge in [0.1, 0.15) is 12.3 Å². The van der Waals surface area contributed by atoms with Crippen LogP contribution in [0.15, 0.2) is 60.0 Å². The first kappa shape index (κ1) is 24.7. The Hall–Kier alpha value is -3.39. The maximum atomic E-state index is 13.8. The Kier molecular flexibility index (Phi) is 8.36. The largest absolute Gasteiger partial charge is 0.478 e. The molecular weight excluding hydrogens is 450 g/mol. The minimum Gasteiger partial charge on any atom is -0.478 e. The molecule has 0 spiro atoms. The van der Waals surface area contributed by atoms with Crippen LogP contribution in [0.3, 0.4) is 0 Å². The summed E-state index contributed by atoms with van der Waals surface area (Å²) in [6, 6.07) is 11.6. The van der Waals surface area contributed by atoms with Gasteiger partial charge in [-0.2, -0.15) is 0 Å². The van der Waals surface area contributed by atoms with Crippen LogP contribution in [-0.4, -0.2) is 46.9 Å². The SMILES string of the molecule is CCO/N=C(\c1ccc(F)c(F)c1)c1ccc(CN2CCC(c3ccnc(OCC)c3)CC2)cn1. The topological polar surface area (TPSA) is 59.8 Å². The molecule has 0 atom stereocenters. The fourth-order valence-electron chi connectivity index (χ4n) is 4.27. The first-order valence-corrected chi connectivity index (χ1v) is 12.0. The number of aromatic nitrogens is 2. The lowest BCUT2D eigenvalue weighted by atomic mass is 9.90. The van der Waals surface area contributed by atoms with E-state index < -0.39 is 11.6 Å². The van der Waals surface area contributed by atoms with Gasteiger partial charge in [-0.25, -0.2) is 13.8 Å². The van der Waals surface area contributed by atoms with Gasteiger partial charge >= 0.3 is 0 Å². The molecule has 1 aromatic carbocycles. The Labute approximate surface area is 204 Å². The summed E-state index contributed by atoms with van der Waals surface area (Å²) < 4.78 is 32.7. The Balaban J connectivity index is 1.39. The molecule has 4 rings (SSSR count). The number of piperidine rings is 1. The molecule has 0 saturated carbocycles. The van der Waals surface area contributed by atoms with Crippen LogP contribution in [0, 0.1) is 11.6 Å². The molecule has 1 saturated heterocycles. The number of pyridine rings is 2. The molecule has 2 aromatic heterocycles. The van der Waals surface area contributed by atoms with E-state index in [4.69, 9.17) is 9.57 Å². The van der Waals surface area contributed by atoms with Crippen molar-refractivity contribution >= 4 is 5.71 Å². The number of benzene rings is 1. The van der Waals surface area contributed by atoms with Gasteiger partial charge in [0.15, 0.2) is 11.6 Å². The molecule has 0 aliphatic carbocycles. The van der Waals surface area contributed by atoms with Crippen molar-refractivity contribution in [1.82, 2.24) is 14.9 Å². The van der Waals surface area contributed by atoms with Crippen molar-refractivity contribution in [1.29, 1.82) is 0 Å². The third kappa shape index (κ3) is 6.39. The van der Waals surface area contributed by atoms with E-state index >= 15 is 0 Å². The third-order valence-electron chi connectivity index (χ3n) is 6.06. The van der Waals surface area contributed by atoms with Crippen molar-refractivity contribution in [3.8, 4) is 5.88 Å². The summed E-state index contributed by atoms with van der Waals surface area (Å²) in [6.45, 7) is 7.51. The summed E-state index contributed by atoms with van der Waals surface area (Å²) in [7, 11) is 0. The van der Waals surface area contributed by atoms with Crippen molar-refractivity contribution < 1.29 is 18.4 Å². The average Bonchev–Trinajstić information content (AvgIpc) is 2.88. The molecular formula is C27H30F2N4O2. The van der Waals surface area contributed by atoms with Gasteiger partial charge in [-0.1, -0.05) is 11.2 Å². The predicted molar refractivity (Wildman–Crippen MR) is 131 cm³/mol. The van der Waals surface area contributed by atoms with Crippen molar-refractivity contribution in [3.05, 3.63) is 88.9 Å². The molecule has 0 amide bonds. The van der Waals surface area contributed by atoms with Gasteiger partial charge in [0.05, 0.1) is 12.3 Å². The summed E-state index contributed by atoms with van der Waals surface area (Å²) in [4.78, 5) is 16.4. The Morgan fingerprint density at radius 1 is 1.00 bits per heavy atom. The van der Waals surface area contributed by atoms with Gasteiger partial charge in [0.25, 0.3) is 0 Å². The van der Waals surface area contributed by atoms with Crippen LogP contribution in [0.5, 0.6) is 5.88 Å². The highest BCUT2D eigenvalue weighted by molar-refractivity contribution is 6.11. The number of rotatable bonds is 9. The maximum absolute atomic E-state index is 13.8. The molecule has 6 nitrogen and oxygen atoms in total. The lowest BCUT2D eigenvalue weighted by Gasteiger charge is -2.32. The maximum Gasteiger partial charge on any atom is 0.213 e. The average molecular weight is 481 g/mol. The van der Waals surface area contributed by atoms with Gasteiger partial charge in [-0.3, -0.25) is 9.88 Å². The second kappa shape index (κ2) is 11.8. The van der Waals surface area contributed by atoms with Gasteiger partial charge in [-0.05, 0) is 87.2 Å². The second-order valence-electron chi connectivity index (χ2n) is 8.45. The second-order valence-corrected chi connectivity index (χ2v) is 8.45. The monoisotopic (exact) mass is 480 g/mol. The molecule has 184 valence electrons. The normalized spacial score (nSPS) is 15.3. The highest BCUT2D eigenvalue weighted by Gasteiger charge is 2.21. The molecule has 0 unspecified atom stereocenters. The van der Waals surface area contributed by atoms with Crippen LogP contribution in [0.4, 0.5) is 8.78 Å². The van der Waals surface area contributed by atoms with E-state index in [0.29, 0.717) is 42.0 Å². The van der Waals surface area contributed by atoms with E-state index in [9.17, 15) is 8.78 Å². The zero-order chi connectivity index (χ0) is 24.6. The summed E-state index contributed by atoms with van der Waals surface area (Å²) in [5.74, 6) is -0.653. The van der Waals surface area contributed by atoms with E-state index in [-0.39, 0.29) is 0 Å². The van der Waals surface area contributed by atoms with Crippen LogP contribution in [0.1, 0.15) is 55.0 Å². The van der Waals surface area contributed by atoms with Gasteiger partial charge in [-0.15, -0.1) is 0 Å². The zero-order valence-corrected chi connectivity index (χ0v) is 20.1. The lowest BCUT2D eigenvalue weighted by Crippen LogP contribution is -2.32. The predicted octanol–water partition coefficient (Wildman–Crippen LogP) is 5.32. The van der Waals surface area contributed by atoms with E-state index in [1.807, 2.05) is 25.3 Å². The number of hydrogen-bond acceptors (Lipinski definition) is 6. The van der Waals surface area contributed by atoms with Gasteiger partial charge in [0.2, 0.25) is 5.88 Å². The third-order valence-corrected chi connectivity index (χ3v) is 6.06. The Morgan fingerprint density at radius 3 is 2.51 bits per heavy atom. The van der Waals surface area contributed by atoms with Crippen LogP contribution in [0.2, 0.25) is 0 Å². The molecule has 1 fully saturated rings. The number of ether oxygens (including phenoxy) is 1. The Morgan fingerprint density at radius 2 is 1.83 bits per heavy atom. The Bertz CT molecular complexity index is 1150.